The molecule has 1 unspecified atom stereocenters. The Labute approximate surface area is 147 Å². The molecule has 0 N–H and O–H groups in total. The number of methoxy groups -OCH3 is 1. The summed E-state index contributed by atoms with van der Waals surface area (Å²) in [5.41, 5.74) is 2.08. The Morgan fingerprint density at radius 1 is 1.38 bits per heavy atom. The van der Waals surface area contributed by atoms with Crippen molar-refractivity contribution in [1.82, 2.24) is 9.88 Å². The van der Waals surface area contributed by atoms with Gasteiger partial charge in [-0.2, -0.15) is 0 Å². The first-order chi connectivity index (χ1) is 11.6. The van der Waals surface area contributed by atoms with Crippen LogP contribution in [0.5, 0.6) is 5.75 Å². The molecule has 1 atom stereocenters. The highest BCUT2D eigenvalue weighted by molar-refractivity contribution is 7.09. The van der Waals surface area contributed by atoms with Crippen LogP contribution in [0.3, 0.4) is 0 Å². The number of likely N-dealkylation sites (tertiary alicyclic amines) is 1. The zero-order chi connectivity index (χ0) is 17.1. The van der Waals surface area contributed by atoms with Gasteiger partial charge in [-0.1, -0.05) is 26.0 Å². The molecule has 3 rings (SSSR count). The smallest absolute Gasteiger partial charge is 0.229 e. The first kappa shape index (κ1) is 17.0. The molecular weight excluding hydrogens is 320 g/mol. The fourth-order valence-corrected chi connectivity index (χ4v) is 4.00. The summed E-state index contributed by atoms with van der Waals surface area (Å²) in [5, 5.41) is 3.12. The molecule has 1 aromatic carbocycles. The topological polar surface area (TPSA) is 42.4 Å². The van der Waals surface area contributed by atoms with Gasteiger partial charge in [0.1, 0.15) is 5.75 Å². The maximum Gasteiger partial charge on any atom is 0.229 e. The molecule has 1 fully saturated rings. The minimum atomic E-state index is 0.173. The van der Waals surface area contributed by atoms with Crippen LogP contribution in [-0.4, -0.2) is 29.4 Å². The maximum atomic E-state index is 12.8. The molecule has 1 amide bonds. The van der Waals surface area contributed by atoms with Crippen molar-refractivity contribution in [2.75, 3.05) is 13.7 Å². The molecule has 5 heteroatoms. The number of nitrogens with zero attached hydrogens (tertiary/aromatic N) is 2. The van der Waals surface area contributed by atoms with Gasteiger partial charge in [0, 0.05) is 17.8 Å². The van der Waals surface area contributed by atoms with Crippen molar-refractivity contribution in [3.63, 3.8) is 0 Å². The monoisotopic (exact) mass is 344 g/mol. The van der Waals surface area contributed by atoms with Gasteiger partial charge in [0.15, 0.2) is 0 Å². The van der Waals surface area contributed by atoms with Gasteiger partial charge >= 0.3 is 0 Å². The van der Waals surface area contributed by atoms with E-state index in [4.69, 9.17) is 4.74 Å². The standard InChI is InChI=1S/C19H24N2O2S/c1-13(2)19-20-15(12-24-19)11-18(22)21-10-4-5-17(21)14-6-8-16(23-3)9-7-14/h6-9,12-13,17H,4-5,10-11H2,1-3H3. The predicted octanol–water partition coefficient (Wildman–Crippen LogP) is 4.18. The van der Waals surface area contributed by atoms with E-state index in [1.807, 2.05) is 22.4 Å². The molecule has 0 radical (unpaired) electrons. The van der Waals surface area contributed by atoms with Crippen molar-refractivity contribution in [2.24, 2.45) is 0 Å². The van der Waals surface area contributed by atoms with Crippen molar-refractivity contribution < 1.29 is 9.53 Å². The molecule has 1 aliphatic heterocycles. The van der Waals surface area contributed by atoms with E-state index in [1.165, 1.54) is 5.56 Å². The summed E-state index contributed by atoms with van der Waals surface area (Å²) in [6.07, 6.45) is 2.47. The van der Waals surface area contributed by atoms with Crippen LogP contribution >= 0.6 is 11.3 Å². The fourth-order valence-electron chi connectivity index (χ4n) is 3.16. The lowest BCUT2D eigenvalue weighted by Crippen LogP contribution is -2.31. The summed E-state index contributed by atoms with van der Waals surface area (Å²) in [5.74, 6) is 1.44. The van der Waals surface area contributed by atoms with Gasteiger partial charge in [0.05, 0.1) is 30.3 Å². The number of rotatable bonds is 5. The third-order valence-corrected chi connectivity index (χ3v) is 5.66. The van der Waals surface area contributed by atoms with Gasteiger partial charge in [0.2, 0.25) is 5.91 Å². The molecule has 0 bridgehead atoms. The van der Waals surface area contributed by atoms with Crippen LogP contribution in [0.4, 0.5) is 0 Å². The van der Waals surface area contributed by atoms with Crippen LogP contribution in [0.25, 0.3) is 0 Å². The Hall–Kier alpha value is -1.88. The molecule has 2 heterocycles. The molecule has 0 spiro atoms. The molecule has 2 aromatic rings. The van der Waals surface area contributed by atoms with E-state index >= 15 is 0 Å². The fraction of sp³-hybridized carbons (Fsp3) is 0.474. The van der Waals surface area contributed by atoms with Crippen LogP contribution < -0.4 is 4.74 Å². The predicted molar refractivity (Wildman–Crippen MR) is 96.6 cm³/mol. The third-order valence-electron chi connectivity index (χ3n) is 4.47. The Bertz CT molecular complexity index is 694. The normalized spacial score (nSPS) is 17.5. The summed E-state index contributed by atoms with van der Waals surface area (Å²) in [7, 11) is 1.67. The number of aromatic nitrogens is 1. The third kappa shape index (κ3) is 3.61. The Kier molecular flexibility index (Phi) is 5.19. The first-order valence-electron chi connectivity index (χ1n) is 8.46. The van der Waals surface area contributed by atoms with Crippen molar-refractivity contribution in [3.05, 3.63) is 45.9 Å². The van der Waals surface area contributed by atoms with Crippen LogP contribution in [0.15, 0.2) is 29.6 Å². The maximum absolute atomic E-state index is 12.8. The Morgan fingerprint density at radius 2 is 2.12 bits per heavy atom. The quantitative estimate of drug-likeness (QED) is 0.817. The van der Waals surface area contributed by atoms with E-state index in [0.29, 0.717) is 12.3 Å². The number of hydrogen-bond acceptors (Lipinski definition) is 4. The second kappa shape index (κ2) is 7.34. The van der Waals surface area contributed by atoms with E-state index < -0.39 is 0 Å². The number of hydrogen-bond donors (Lipinski definition) is 0. The van der Waals surface area contributed by atoms with E-state index in [0.717, 1.165) is 35.8 Å². The van der Waals surface area contributed by atoms with Gasteiger partial charge in [-0.15, -0.1) is 11.3 Å². The second-order valence-corrected chi connectivity index (χ2v) is 7.42. The molecule has 0 saturated carbocycles. The molecule has 4 nitrogen and oxygen atoms in total. The van der Waals surface area contributed by atoms with E-state index in [9.17, 15) is 4.79 Å². The molecule has 1 aromatic heterocycles. The number of carbonyl (C=O) groups is 1. The highest BCUT2D eigenvalue weighted by Gasteiger charge is 2.30. The minimum absolute atomic E-state index is 0.173. The zero-order valence-electron chi connectivity index (χ0n) is 14.5. The Balaban J connectivity index is 1.70. The van der Waals surface area contributed by atoms with Crippen LogP contribution in [0.1, 0.15) is 54.9 Å². The lowest BCUT2D eigenvalue weighted by molar-refractivity contribution is -0.131. The average Bonchev–Trinajstić information content (AvgIpc) is 3.24. The number of carbonyl (C=O) groups excluding carboxylic acids is 1. The second-order valence-electron chi connectivity index (χ2n) is 6.53. The number of amides is 1. The summed E-state index contributed by atoms with van der Waals surface area (Å²) in [6, 6.07) is 8.23. The van der Waals surface area contributed by atoms with Crippen molar-refractivity contribution in [2.45, 2.75) is 45.1 Å². The largest absolute Gasteiger partial charge is 0.497 e. The van der Waals surface area contributed by atoms with Crippen molar-refractivity contribution >= 4 is 17.2 Å². The number of thiazole rings is 1. The van der Waals surface area contributed by atoms with E-state index in [2.05, 4.69) is 31.0 Å². The van der Waals surface area contributed by atoms with E-state index in [1.54, 1.807) is 18.4 Å². The lowest BCUT2D eigenvalue weighted by atomic mass is 10.0. The average molecular weight is 344 g/mol. The molecular formula is C19H24N2O2S. The summed E-state index contributed by atoms with van der Waals surface area (Å²) >= 11 is 1.65. The summed E-state index contributed by atoms with van der Waals surface area (Å²) in [4.78, 5) is 19.4. The van der Waals surface area contributed by atoms with Gasteiger partial charge in [-0.3, -0.25) is 4.79 Å². The Morgan fingerprint density at radius 3 is 2.75 bits per heavy atom. The van der Waals surface area contributed by atoms with Gasteiger partial charge in [-0.05, 0) is 30.5 Å². The van der Waals surface area contributed by atoms with Gasteiger partial charge in [0.25, 0.3) is 0 Å². The molecule has 1 saturated heterocycles. The number of benzene rings is 1. The SMILES string of the molecule is COc1ccc(C2CCCN2C(=O)Cc2csc(C(C)C)n2)cc1. The highest BCUT2D eigenvalue weighted by atomic mass is 32.1. The van der Waals surface area contributed by atoms with Gasteiger partial charge in [-0.25, -0.2) is 4.98 Å². The summed E-state index contributed by atoms with van der Waals surface area (Å²) < 4.78 is 5.22. The molecule has 0 aliphatic carbocycles. The van der Waals surface area contributed by atoms with E-state index in [-0.39, 0.29) is 11.9 Å². The molecule has 1 aliphatic rings. The molecule has 128 valence electrons. The minimum Gasteiger partial charge on any atom is -0.497 e. The van der Waals surface area contributed by atoms with Crippen LogP contribution in [0.2, 0.25) is 0 Å². The van der Waals surface area contributed by atoms with Gasteiger partial charge < -0.3 is 9.64 Å². The van der Waals surface area contributed by atoms with Crippen LogP contribution in [0, 0.1) is 0 Å². The molecule has 24 heavy (non-hydrogen) atoms. The number of ether oxygens (including phenoxy) is 1. The zero-order valence-corrected chi connectivity index (χ0v) is 15.3. The highest BCUT2D eigenvalue weighted by Crippen LogP contribution is 2.33. The van der Waals surface area contributed by atoms with Crippen molar-refractivity contribution in [1.29, 1.82) is 0 Å². The first-order valence-corrected chi connectivity index (χ1v) is 9.34. The lowest BCUT2D eigenvalue weighted by Gasteiger charge is -2.25. The van der Waals surface area contributed by atoms with Crippen molar-refractivity contribution in [3.8, 4) is 5.75 Å². The summed E-state index contributed by atoms with van der Waals surface area (Å²) in [6.45, 7) is 5.09. The van der Waals surface area contributed by atoms with Crippen LogP contribution in [-0.2, 0) is 11.2 Å².